The Bertz CT molecular complexity index is 2490. The maximum absolute atomic E-state index is 14.2. The molecule has 2 N–H and O–H groups in total. The van der Waals surface area contributed by atoms with Gasteiger partial charge in [-0.25, -0.2) is 21.6 Å². The minimum absolute atomic E-state index is 0.00625. The highest BCUT2D eigenvalue weighted by Crippen LogP contribution is 2.38. The Morgan fingerprint density at radius 2 is 1.50 bits per heavy atom. The second-order valence-electron chi connectivity index (χ2n) is 16.9. The summed E-state index contributed by atoms with van der Waals surface area (Å²) in [5.41, 5.74) is -1.15. The number of amides is 1. The van der Waals surface area contributed by atoms with Crippen LogP contribution < -0.4 is 14.9 Å². The van der Waals surface area contributed by atoms with Crippen LogP contribution in [-0.2, 0) is 19.9 Å². The van der Waals surface area contributed by atoms with E-state index in [0.717, 1.165) is 86.1 Å². The Hall–Kier alpha value is -4.06. The quantitative estimate of drug-likeness (QED) is 0.105. The number of sulfonamides is 1. The van der Waals surface area contributed by atoms with Crippen molar-refractivity contribution in [2.45, 2.75) is 97.1 Å². The van der Waals surface area contributed by atoms with Crippen LogP contribution in [-0.4, -0.2) is 101 Å². The number of carbonyl (C=O) groups is 1. The van der Waals surface area contributed by atoms with Crippen LogP contribution in [0.25, 0.3) is 5.57 Å². The van der Waals surface area contributed by atoms with Gasteiger partial charge in [-0.15, -0.1) is 11.8 Å². The van der Waals surface area contributed by atoms with E-state index < -0.39 is 47.1 Å². The first-order valence-electron chi connectivity index (χ1n) is 21.8. The smallest absolute Gasteiger partial charge is 0.380 e. The minimum atomic E-state index is -6.04. The van der Waals surface area contributed by atoms with Gasteiger partial charge in [0.25, 0.3) is 25.8 Å². The minimum Gasteiger partial charge on any atom is -0.380 e. The summed E-state index contributed by atoms with van der Waals surface area (Å²) in [5, 5.41) is 3.76. The monoisotopic (exact) mass is 957 g/mol. The Morgan fingerprint density at radius 3 is 2.16 bits per heavy atom. The Kier molecular flexibility index (Phi) is 15.4. The molecule has 7 rings (SSSR count). The highest BCUT2D eigenvalue weighted by Gasteiger charge is 2.48. The first kappa shape index (κ1) is 47.9. The molecule has 2 aliphatic heterocycles. The van der Waals surface area contributed by atoms with E-state index in [2.05, 4.69) is 46.0 Å². The van der Waals surface area contributed by atoms with Gasteiger partial charge in [-0.1, -0.05) is 47.5 Å². The number of hydrogen-bond donors (Lipinski definition) is 2. The third-order valence-electron chi connectivity index (χ3n) is 12.6. The summed E-state index contributed by atoms with van der Waals surface area (Å²) in [6.45, 7) is 8.95. The molecule has 0 radical (unpaired) electrons. The molecule has 2 heterocycles. The van der Waals surface area contributed by atoms with E-state index in [0.29, 0.717) is 36.9 Å². The number of thioether (sulfide) groups is 1. The van der Waals surface area contributed by atoms with Crippen molar-refractivity contribution in [2.24, 2.45) is 0 Å². The Morgan fingerprint density at radius 1 is 0.844 bits per heavy atom. The second kappa shape index (κ2) is 20.6. The van der Waals surface area contributed by atoms with Crippen molar-refractivity contribution in [3.63, 3.8) is 0 Å². The molecule has 2 fully saturated rings. The predicted molar refractivity (Wildman–Crippen MR) is 250 cm³/mol. The summed E-state index contributed by atoms with van der Waals surface area (Å²) in [4.78, 5) is 19.2. The fraction of sp³-hybridized carbons (Fsp3) is 0.426. The number of nitrogens with one attached hydrogen (secondary N) is 2. The number of carbonyl (C=O) groups excluding carboxylic acids is 1. The van der Waals surface area contributed by atoms with Gasteiger partial charge >= 0.3 is 5.51 Å². The summed E-state index contributed by atoms with van der Waals surface area (Å²) in [6, 6.07) is 26.6. The number of piperazine rings is 1. The lowest BCUT2D eigenvalue weighted by atomic mass is 9.87. The summed E-state index contributed by atoms with van der Waals surface area (Å²) in [6.07, 6.45) is 6.99. The maximum Gasteiger partial charge on any atom is 0.501 e. The van der Waals surface area contributed by atoms with Gasteiger partial charge in [0.1, 0.15) is 4.90 Å². The van der Waals surface area contributed by atoms with Gasteiger partial charge < -0.3 is 10.2 Å². The summed E-state index contributed by atoms with van der Waals surface area (Å²) in [7, 11) is -10.9. The number of sulfone groups is 1. The zero-order valence-electron chi connectivity index (χ0n) is 36.0. The molecule has 4 aromatic carbocycles. The van der Waals surface area contributed by atoms with Crippen molar-refractivity contribution in [3.8, 4) is 0 Å². The van der Waals surface area contributed by atoms with Crippen molar-refractivity contribution in [2.75, 3.05) is 55.2 Å². The van der Waals surface area contributed by atoms with Crippen LogP contribution >= 0.6 is 23.4 Å². The maximum atomic E-state index is 14.2. The summed E-state index contributed by atoms with van der Waals surface area (Å²) in [5.74, 6) is -0.623. The molecule has 4 aromatic rings. The van der Waals surface area contributed by atoms with Crippen LogP contribution in [0.2, 0.25) is 5.02 Å². The highest BCUT2D eigenvalue weighted by molar-refractivity contribution is 7.99. The molecule has 2 saturated heterocycles. The Labute approximate surface area is 384 Å². The molecule has 0 spiro atoms. The van der Waals surface area contributed by atoms with Crippen molar-refractivity contribution < 1.29 is 34.8 Å². The third kappa shape index (κ3) is 11.7. The van der Waals surface area contributed by atoms with Gasteiger partial charge in [0.15, 0.2) is 0 Å². The molecule has 1 unspecified atom stereocenters. The largest absolute Gasteiger partial charge is 0.501 e. The van der Waals surface area contributed by atoms with Gasteiger partial charge in [-0.3, -0.25) is 14.6 Å². The number of hydrogen-bond acceptors (Lipinski definition) is 10. The third-order valence-corrected chi connectivity index (χ3v) is 16.8. The topological polar surface area (TPSA) is 119 Å². The van der Waals surface area contributed by atoms with Gasteiger partial charge in [0, 0.05) is 84.3 Å². The zero-order valence-corrected chi connectivity index (χ0v) is 39.2. The van der Waals surface area contributed by atoms with Gasteiger partial charge in [-0.2, -0.15) is 13.2 Å². The van der Waals surface area contributed by atoms with E-state index in [1.807, 2.05) is 47.2 Å². The lowest BCUT2D eigenvalue weighted by molar-refractivity contribution is -0.0435. The molecule has 1 aliphatic carbocycles. The van der Waals surface area contributed by atoms with Crippen molar-refractivity contribution in [1.82, 2.24) is 14.5 Å². The second-order valence-corrected chi connectivity index (χ2v) is 22.0. The first-order valence-corrected chi connectivity index (χ1v) is 26.1. The fourth-order valence-electron chi connectivity index (χ4n) is 8.90. The zero-order chi connectivity index (χ0) is 45.6. The van der Waals surface area contributed by atoms with E-state index in [9.17, 15) is 34.8 Å². The number of rotatable bonds is 16. The van der Waals surface area contributed by atoms with E-state index in [1.165, 1.54) is 53.4 Å². The van der Waals surface area contributed by atoms with E-state index in [-0.39, 0.29) is 11.3 Å². The number of nitrogens with zero attached hydrogens (tertiary/aromatic N) is 3. The van der Waals surface area contributed by atoms with Gasteiger partial charge in [0.2, 0.25) is 0 Å². The number of alkyl halides is 3. The highest BCUT2D eigenvalue weighted by atomic mass is 35.5. The molecule has 3 atom stereocenters. The van der Waals surface area contributed by atoms with E-state index >= 15 is 0 Å². The molecular weight excluding hydrogens is 903 g/mol. The predicted octanol–water partition coefficient (Wildman–Crippen LogP) is 9.74. The number of halogens is 4. The molecule has 10 nitrogen and oxygen atoms in total. The SMILES string of the molecule is CC1CC[C@@H](C)N1CC[C@H](CSc1ccccc1)Nc1ccc(S(=O)(=O)NC(=O)c2ccc(N3CCN(CC4=C(c5ccc(Cl)cc5)CCCC4)CC3)cc2)cc1S(=O)(=O)C(F)(F)F. The van der Waals surface area contributed by atoms with Crippen molar-refractivity contribution in [3.05, 3.63) is 119 Å². The normalized spacial score (nSPS) is 19.8. The molecule has 344 valence electrons. The van der Waals surface area contributed by atoms with E-state index in [1.54, 1.807) is 12.1 Å². The van der Waals surface area contributed by atoms with Crippen molar-refractivity contribution >= 4 is 66.1 Å². The van der Waals surface area contributed by atoms with Crippen LogP contribution in [0.1, 0.15) is 74.7 Å². The number of likely N-dealkylation sites (tertiary alicyclic amines) is 1. The standard InChI is InChI=1S/C47H55ClF3N5O5S3/c1-33-12-13-34(2)56(33)25-24-39(32-62-41-9-4-3-5-10-41)52-44-23-22-42(30-45(44)63(58,59)47(49,50)51)64(60,61)53-46(57)36-16-20-40(21-17-36)55-28-26-54(27-29-55)31-37-8-6-7-11-43(37)35-14-18-38(48)19-15-35/h3-5,9-10,14-23,30,33-34,39,52H,6-8,11-13,24-29,31-32H2,1-2H3,(H,53,57)/t33-,34?,39-/m1/s1. The summed E-state index contributed by atoms with van der Waals surface area (Å²) >= 11 is 7.62. The molecule has 64 heavy (non-hydrogen) atoms. The molecule has 3 aliphatic rings. The van der Waals surface area contributed by atoms with Crippen LogP contribution in [0.15, 0.2) is 117 Å². The lowest BCUT2D eigenvalue weighted by Gasteiger charge is -2.37. The number of allylic oxidation sites excluding steroid dienone is 1. The number of anilines is 2. The van der Waals surface area contributed by atoms with Crippen LogP contribution in [0, 0.1) is 0 Å². The van der Waals surface area contributed by atoms with Crippen LogP contribution in [0.5, 0.6) is 0 Å². The Balaban J connectivity index is 1.02. The molecule has 17 heteroatoms. The van der Waals surface area contributed by atoms with Gasteiger partial charge in [-0.05, 0) is 137 Å². The van der Waals surface area contributed by atoms with Crippen LogP contribution in [0.3, 0.4) is 0 Å². The molecule has 0 bridgehead atoms. The molecule has 1 amide bonds. The average Bonchev–Trinajstić information content (AvgIpc) is 3.60. The van der Waals surface area contributed by atoms with E-state index in [4.69, 9.17) is 11.6 Å². The van der Waals surface area contributed by atoms with Crippen molar-refractivity contribution in [1.29, 1.82) is 0 Å². The van der Waals surface area contributed by atoms with Crippen LogP contribution in [0.4, 0.5) is 24.5 Å². The molecule has 0 saturated carbocycles. The van der Waals surface area contributed by atoms with Gasteiger partial charge in [0.05, 0.1) is 10.6 Å². The molecule has 0 aromatic heterocycles. The first-order chi connectivity index (χ1) is 30.5. The molecular formula is C47H55ClF3N5O5S3. The fourth-order valence-corrected chi connectivity index (χ4v) is 12.0. The lowest BCUT2D eigenvalue weighted by Crippen LogP contribution is -2.47. The number of benzene rings is 4. The average molecular weight is 959 g/mol. The summed E-state index contributed by atoms with van der Waals surface area (Å²) < 4.78 is 97.9.